The molecule has 0 radical (unpaired) electrons. The number of likely N-dealkylation sites (tertiary alicyclic amines) is 1. The molecular weight excluding hydrogens is 292 g/mol. The predicted octanol–water partition coefficient (Wildman–Crippen LogP) is 1.58. The topological polar surface area (TPSA) is 115 Å². The number of alkyl halides is 2. The molecule has 1 heterocycles. The van der Waals surface area contributed by atoms with Crippen LogP contribution in [0, 0.1) is 10.8 Å². The third-order valence-electron chi connectivity index (χ3n) is 3.92. The van der Waals surface area contributed by atoms with Crippen LogP contribution in [0.4, 0.5) is 13.6 Å². The van der Waals surface area contributed by atoms with Gasteiger partial charge in [0.15, 0.2) is 0 Å². The van der Waals surface area contributed by atoms with E-state index >= 15 is 0 Å². The van der Waals surface area contributed by atoms with Gasteiger partial charge in [0.25, 0.3) is 5.92 Å². The van der Waals surface area contributed by atoms with E-state index in [0.717, 1.165) is 0 Å². The second-order valence-corrected chi connectivity index (χ2v) is 6.21. The molecule has 0 bridgehead atoms. The van der Waals surface area contributed by atoms with Crippen LogP contribution in [0.25, 0.3) is 0 Å². The number of nitrogens with zero attached hydrogens (tertiary/aromatic N) is 1. The molecule has 1 saturated heterocycles. The van der Waals surface area contributed by atoms with Crippen LogP contribution in [0.1, 0.15) is 27.2 Å². The van der Waals surface area contributed by atoms with Crippen molar-refractivity contribution in [1.29, 1.82) is 0 Å². The predicted molar refractivity (Wildman–Crippen MR) is 65.2 cm³/mol. The van der Waals surface area contributed by atoms with Crippen molar-refractivity contribution in [1.82, 2.24) is 4.90 Å². The zero-order chi connectivity index (χ0) is 16.8. The molecule has 0 aromatic carbocycles. The summed E-state index contributed by atoms with van der Waals surface area (Å²) in [5.41, 5.74) is -3.85. The van der Waals surface area contributed by atoms with Gasteiger partial charge in [-0.1, -0.05) is 20.8 Å². The van der Waals surface area contributed by atoms with Crippen molar-refractivity contribution in [2.75, 3.05) is 6.54 Å². The van der Waals surface area contributed by atoms with Gasteiger partial charge in [-0.15, -0.1) is 0 Å². The maximum atomic E-state index is 13.9. The van der Waals surface area contributed by atoms with Crippen molar-refractivity contribution < 1.29 is 38.5 Å². The molecule has 0 spiro atoms. The lowest BCUT2D eigenvalue weighted by Crippen LogP contribution is -2.69. The van der Waals surface area contributed by atoms with Gasteiger partial charge < -0.3 is 15.3 Å². The zero-order valence-corrected chi connectivity index (χ0v) is 11.8. The number of carbonyl (C=O) groups is 3. The quantitative estimate of drug-likeness (QED) is 0.713. The monoisotopic (exact) mass is 309 g/mol. The minimum Gasteiger partial charge on any atom is -0.481 e. The molecular formula is C12H17F2NO6. The summed E-state index contributed by atoms with van der Waals surface area (Å²) in [6.45, 7) is 2.57. The second kappa shape index (κ2) is 4.81. The fourth-order valence-corrected chi connectivity index (χ4v) is 2.88. The first-order chi connectivity index (χ1) is 9.26. The summed E-state index contributed by atoms with van der Waals surface area (Å²) >= 11 is 0. The molecule has 1 aliphatic heterocycles. The Balaban J connectivity index is 3.65. The number of piperidine rings is 1. The average Bonchev–Trinajstić information content (AvgIpc) is 2.23. The molecule has 3 N–H and O–H groups in total. The summed E-state index contributed by atoms with van der Waals surface area (Å²) in [5, 5.41) is 27.7. The average molecular weight is 309 g/mol. The van der Waals surface area contributed by atoms with Gasteiger partial charge in [-0.05, 0) is 5.41 Å². The van der Waals surface area contributed by atoms with Gasteiger partial charge >= 0.3 is 18.0 Å². The maximum absolute atomic E-state index is 13.9. The Morgan fingerprint density at radius 2 is 1.62 bits per heavy atom. The van der Waals surface area contributed by atoms with Crippen molar-refractivity contribution in [2.24, 2.45) is 10.8 Å². The van der Waals surface area contributed by atoms with Crippen LogP contribution >= 0.6 is 0 Å². The number of hydrogen-bond donors (Lipinski definition) is 3. The molecule has 21 heavy (non-hydrogen) atoms. The molecule has 0 saturated carbocycles. The highest BCUT2D eigenvalue weighted by Gasteiger charge is 2.67. The fourth-order valence-electron chi connectivity index (χ4n) is 2.88. The van der Waals surface area contributed by atoms with Crippen molar-refractivity contribution in [3.05, 3.63) is 0 Å². The number of halogens is 2. The van der Waals surface area contributed by atoms with Gasteiger partial charge in [0.2, 0.25) is 0 Å². The Morgan fingerprint density at radius 1 is 1.14 bits per heavy atom. The number of rotatable bonds is 2. The molecule has 7 nitrogen and oxygen atoms in total. The van der Waals surface area contributed by atoms with Gasteiger partial charge in [-0.25, -0.2) is 18.4 Å². The molecule has 120 valence electrons. The molecule has 1 fully saturated rings. The normalized spacial score (nSPS) is 29.0. The number of aliphatic carboxylic acids is 2. The highest BCUT2D eigenvalue weighted by molar-refractivity contribution is 5.90. The van der Waals surface area contributed by atoms with Crippen LogP contribution in [0.15, 0.2) is 0 Å². The Bertz CT molecular complexity index is 487. The lowest BCUT2D eigenvalue weighted by Gasteiger charge is -2.52. The summed E-state index contributed by atoms with van der Waals surface area (Å²) in [6.07, 6.45) is -3.13. The lowest BCUT2D eigenvalue weighted by atomic mass is 9.57. The van der Waals surface area contributed by atoms with Crippen molar-refractivity contribution in [3.8, 4) is 0 Å². The molecule has 0 aliphatic carbocycles. The van der Waals surface area contributed by atoms with Gasteiger partial charge in [-0.2, -0.15) is 0 Å². The summed E-state index contributed by atoms with van der Waals surface area (Å²) in [6, 6.07) is -2.09. The standard InChI is InChI=1S/C12H17F2NO6/c1-10(2,3)12(8(18)19)4-11(13,14)5-15(9(20)21)6(12)7(16)17/h6H,4-5H2,1-3H3,(H,16,17)(H,18,19)(H,20,21)/t6-,12+/m1/s1. The largest absolute Gasteiger partial charge is 0.481 e. The summed E-state index contributed by atoms with van der Waals surface area (Å²) in [5.74, 6) is -7.14. The summed E-state index contributed by atoms with van der Waals surface area (Å²) in [4.78, 5) is 34.2. The van der Waals surface area contributed by atoms with E-state index in [1.165, 1.54) is 20.8 Å². The van der Waals surface area contributed by atoms with Crippen LogP contribution in [0.5, 0.6) is 0 Å². The maximum Gasteiger partial charge on any atom is 0.408 e. The van der Waals surface area contributed by atoms with Crippen LogP contribution in [0.2, 0.25) is 0 Å². The van der Waals surface area contributed by atoms with Crippen molar-refractivity contribution in [3.63, 3.8) is 0 Å². The van der Waals surface area contributed by atoms with Gasteiger partial charge in [0.05, 0.1) is 6.54 Å². The number of carboxylic acids is 2. The zero-order valence-electron chi connectivity index (χ0n) is 11.8. The number of carboxylic acid groups (broad SMARTS) is 3. The van der Waals surface area contributed by atoms with Gasteiger partial charge in [0, 0.05) is 6.42 Å². The van der Waals surface area contributed by atoms with E-state index in [9.17, 15) is 33.4 Å². The Labute approximate surface area is 119 Å². The van der Waals surface area contributed by atoms with Crippen molar-refractivity contribution >= 4 is 18.0 Å². The van der Waals surface area contributed by atoms with Gasteiger partial charge in [0.1, 0.15) is 11.5 Å². The molecule has 1 aliphatic rings. The third-order valence-corrected chi connectivity index (χ3v) is 3.92. The van der Waals surface area contributed by atoms with Crippen LogP contribution < -0.4 is 0 Å². The molecule has 9 heteroatoms. The summed E-state index contributed by atoms with van der Waals surface area (Å²) in [7, 11) is 0. The van der Waals surface area contributed by atoms with E-state index in [0.29, 0.717) is 0 Å². The molecule has 0 unspecified atom stereocenters. The second-order valence-electron chi connectivity index (χ2n) is 6.21. The van der Waals surface area contributed by atoms with Crippen LogP contribution in [-0.2, 0) is 9.59 Å². The summed E-state index contributed by atoms with van der Waals surface area (Å²) < 4.78 is 27.8. The fraction of sp³-hybridized carbons (Fsp3) is 0.750. The third kappa shape index (κ3) is 2.64. The van der Waals surface area contributed by atoms with E-state index in [2.05, 4.69) is 0 Å². The molecule has 1 rings (SSSR count). The van der Waals surface area contributed by atoms with Crippen LogP contribution in [-0.4, -0.2) is 56.8 Å². The van der Waals surface area contributed by atoms with E-state index < -0.39 is 53.8 Å². The van der Waals surface area contributed by atoms with E-state index in [4.69, 9.17) is 5.11 Å². The molecule has 0 aromatic rings. The van der Waals surface area contributed by atoms with Crippen LogP contribution in [0.3, 0.4) is 0 Å². The first-order valence-corrected chi connectivity index (χ1v) is 6.10. The highest BCUT2D eigenvalue weighted by Crippen LogP contribution is 2.53. The molecule has 2 atom stereocenters. The van der Waals surface area contributed by atoms with Gasteiger partial charge in [-0.3, -0.25) is 9.69 Å². The van der Waals surface area contributed by atoms with E-state index in [1.807, 2.05) is 0 Å². The van der Waals surface area contributed by atoms with E-state index in [1.54, 1.807) is 0 Å². The minimum absolute atomic E-state index is 0.00516. The first kappa shape index (κ1) is 17.1. The molecule has 0 aromatic heterocycles. The number of amides is 1. The Hall–Kier alpha value is -1.93. The Kier molecular flexibility index (Phi) is 3.93. The minimum atomic E-state index is -3.63. The lowest BCUT2D eigenvalue weighted by molar-refractivity contribution is -0.203. The smallest absolute Gasteiger partial charge is 0.408 e. The van der Waals surface area contributed by atoms with E-state index in [-0.39, 0.29) is 4.90 Å². The Morgan fingerprint density at radius 3 is 1.90 bits per heavy atom. The first-order valence-electron chi connectivity index (χ1n) is 6.10. The SMILES string of the molecule is CC(C)(C)[C@@]1(C(=O)O)CC(F)(F)CN(C(=O)O)[C@@H]1C(=O)O. The molecule has 1 amide bonds. The number of hydrogen-bond acceptors (Lipinski definition) is 3. The highest BCUT2D eigenvalue weighted by atomic mass is 19.3. The van der Waals surface area contributed by atoms with Crippen molar-refractivity contribution in [2.45, 2.75) is 39.2 Å².